The maximum Gasteiger partial charge on any atom is 0.416 e. The summed E-state index contributed by atoms with van der Waals surface area (Å²) < 4.78 is 39.7. The molecule has 1 aromatic carbocycles. The molecule has 0 unspecified atom stereocenters. The maximum absolute atomic E-state index is 13.2. The number of halogens is 3. The number of benzene rings is 1. The summed E-state index contributed by atoms with van der Waals surface area (Å²) >= 11 is 0. The van der Waals surface area contributed by atoms with Crippen molar-refractivity contribution in [1.29, 1.82) is 0 Å². The monoisotopic (exact) mass is 438 g/mol. The van der Waals surface area contributed by atoms with Gasteiger partial charge in [-0.05, 0) is 50.3 Å². The summed E-state index contributed by atoms with van der Waals surface area (Å²) in [5, 5.41) is 2.73. The molecule has 1 aromatic rings. The fraction of sp³-hybridized carbons (Fsp3) is 0.636. The van der Waals surface area contributed by atoms with Crippen LogP contribution in [0.15, 0.2) is 18.2 Å². The third-order valence-electron chi connectivity index (χ3n) is 6.27. The second-order valence-electron chi connectivity index (χ2n) is 8.70. The molecular weight excluding hydrogens is 409 g/mol. The van der Waals surface area contributed by atoms with Crippen molar-refractivity contribution < 1.29 is 22.8 Å². The van der Waals surface area contributed by atoms with Crippen LogP contribution in [0.4, 0.5) is 24.5 Å². The third kappa shape index (κ3) is 5.50. The molecule has 4 rings (SSSR count). The van der Waals surface area contributed by atoms with E-state index in [1.54, 1.807) is 0 Å². The normalized spacial score (nSPS) is 20.6. The highest BCUT2D eigenvalue weighted by atomic mass is 19.4. The number of hydrogen-bond acceptors (Lipinski definition) is 4. The number of nitrogens with zero attached hydrogens (tertiary/aromatic N) is 3. The van der Waals surface area contributed by atoms with Crippen molar-refractivity contribution in [2.45, 2.75) is 38.3 Å². The Kier molecular flexibility index (Phi) is 6.41. The van der Waals surface area contributed by atoms with Gasteiger partial charge in [-0.1, -0.05) is 0 Å². The topological polar surface area (TPSA) is 55.9 Å². The Morgan fingerprint density at radius 3 is 2.26 bits per heavy atom. The molecule has 0 spiro atoms. The molecule has 6 nitrogen and oxygen atoms in total. The Balaban J connectivity index is 1.39. The van der Waals surface area contributed by atoms with Crippen LogP contribution >= 0.6 is 0 Å². The number of nitrogens with one attached hydrogen (secondary N) is 1. The van der Waals surface area contributed by atoms with Crippen LogP contribution in [0.5, 0.6) is 0 Å². The summed E-state index contributed by atoms with van der Waals surface area (Å²) in [6.45, 7) is 3.99. The van der Waals surface area contributed by atoms with E-state index in [4.69, 9.17) is 0 Å². The number of hydrogen-bond donors (Lipinski definition) is 1. The van der Waals surface area contributed by atoms with Crippen LogP contribution in [0.1, 0.15) is 37.7 Å². The molecule has 1 N–H and O–H groups in total. The predicted molar refractivity (Wildman–Crippen MR) is 112 cm³/mol. The molecule has 3 aliphatic rings. The van der Waals surface area contributed by atoms with Crippen molar-refractivity contribution in [3.05, 3.63) is 23.8 Å². The van der Waals surface area contributed by atoms with Gasteiger partial charge in [0.2, 0.25) is 11.8 Å². The molecule has 2 saturated heterocycles. The van der Waals surface area contributed by atoms with Gasteiger partial charge in [-0.2, -0.15) is 13.2 Å². The van der Waals surface area contributed by atoms with E-state index in [-0.39, 0.29) is 30.0 Å². The average Bonchev–Trinajstić information content (AvgIpc) is 3.59. The molecule has 2 amide bonds. The molecular formula is C22H29F3N4O2. The summed E-state index contributed by atoms with van der Waals surface area (Å²) in [5.41, 5.74) is 0.0842. The van der Waals surface area contributed by atoms with Gasteiger partial charge >= 0.3 is 6.18 Å². The highest BCUT2D eigenvalue weighted by Crippen LogP contribution is 2.36. The molecule has 2 aliphatic heterocycles. The van der Waals surface area contributed by atoms with E-state index < -0.39 is 11.7 Å². The zero-order valence-electron chi connectivity index (χ0n) is 17.6. The highest BCUT2D eigenvalue weighted by molar-refractivity contribution is 5.96. The van der Waals surface area contributed by atoms with Gasteiger partial charge in [-0.25, -0.2) is 0 Å². The summed E-state index contributed by atoms with van der Waals surface area (Å²) in [5.74, 6) is 0.0581. The zero-order chi connectivity index (χ0) is 22.0. The largest absolute Gasteiger partial charge is 0.416 e. The Hall–Kier alpha value is -2.29. The molecule has 0 bridgehead atoms. The van der Waals surface area contributed by atoms with Gasteiger partial charge in [-0.15, -0.1) is 0 Å². The van der Waals surface area contributed by atoms with E-state index >= 15 is 0 Å². The van der Waals surface area contributed by atoms with Crippen LogP contribution < -0.4 is 10.2 Å². The summed E-state index contributed by atoms with van der Waals surface area (Å²) in [4.78, 5) is 30.7. The van der Waals surface area contributed by atoms with Crippen molar-refractivity contribution in [2.24, 2.45) is 5.92 Å². The molecule has 0 atom stereocenters. The predicted octanol–water partition coefficient (Wildman–Crippen LogP) is 3.19. The van der Waals surface area contributed by atoms with Crippen molar-refractivity contribution in [3.8, 4) is 0 Å². The van der Waals surface area contributed by atoms with Gasteiger partial charge in [-0.3, -0.25) is 14.5 Å². The Bertz CT molecular complexity index is 811. The molecule has 0 radical (unpaired) electrons. The van der Waals surface area contributed by atoms with Gasteiger partial charge in [0.15, 0.2) is 0 Å². The summed E-state index contributed by atoms with van der Waals surface area (Å²) in [7, 11) is 0. The van der Waals surface area contributed by atoms with Crippen LogP contribution in [-0.2, 0) is 15.8 Å². The highest BCUT2D eigenvalue weighted by Gasteiger charge is 2.35. The lowest BCUT2D eigenvalue weighted by atomic mass is 10.1. The van der Waals surface area contributed by atoms with E-state index in [9.17, 15) is 22.8 Å². The van der Waals surface area contributed by atoms with Crippen LogP contribution in [0.25, 0.3) is 0 Å². The first-order valence-corrected chi connectivity index (χ1v) is 11.1. The molecule has 9 heteroatoms. The Morgan fingerprint density at radius 2 is 1.65 bits per heavy atom. The fourth-order valence-electron chi connectivity index (χ4n) is 4.33. The summed E-state index contributed by atoms with van der Waals surface area (Å²) in [6, 6.07) is 3.58. The standard InChI is InChI=1S/C22H29F3N4O2/c23-22(24,25)17-6-7-19(28-8-2-1-3-9-28)18(14-17)26-20(30)15-27-10-12-29(13-11-27)21(31)16-4-5-16/h6-7,14,16H,1-5,8-13,15H2,(H,26,30). The minimum Gasteiger partial charge on any atom is -0.370 e. The van der Waals surface area contributed by atoms with Gasteiger partial charge in [0.1, 0.15) is 0 Å². The second kappa shape index (κ2) is 9.06. The van der Waals surface area contributed by atoms with Crippen LogP contribution in [0, 0.1) is 5.92 Å². The first-order chi connectivity index (χ1) is 14.8. The minimum absolute atomic E-state index is 0.0984. The van der Waals surface area contributed by atoms with E-state index in [0.717, 1.165) is 57.3 Å². The molecule has 170 valence electrons. The number of piperazine rings is 1. The number of anilines is 2. The first kappa shape index (κ1) is 21.9. The third-order valence-corrected chi connectivity index (χ3v) is 6.27. The summed E-state index contributed by atoms with van der Waals surface area (Å²) in [6.07, 6.45) is 0.546. The Labute approximate surface area is 180 Å². The number of piperidine rings is 1. The number of alkyl halides is 3. The maximum atomic E-state index is 13.2. The van der Waals surface area contributed by atoms with Crippen molar-refractivity contribution in [2.75, 3.05) is 56.0 Å². The second-order valence-corrected chi connectivity index (χ2v) is 8.70. The van der Waals surface area contributed by atoms with E-state index in [2.05, 4.69) is 5.32 Å². The number of carbonyl (C=O) groups excluding carboxylic acids is 2. The van der Waals surface area contributed by atoms with E-state index in [1.807, 2.05) is 14.7 Å². The SMILES string of the molecule is O=C(CN1CCN(C(=O)C2CC2)CC1)Nc1cc(C(F)(F)F)ccc1N1CCCCC1. The fourth-order valence-corrected chi connectivity index (χ4v) is 4.33. The van der Waals surface area contributed by atoms with Gasteiger partial charge < -0.3 is 15.1 Å². The van der Waals surface area contributed by atoms with E-state index in [0.29, 0.717) is 31.9 Å². The first-order valence-electron chi connectivity index (χ1n) is 11.1. The molecule has 0 aromatic heterocycles. The molecule has 2 heterocycles. The van der Waals surface area contributed by atoms with Crippen molar-refractivity contribution in [1.82, 2.24) is 9.80 Å². The van der Waals surface area contributed by atoms with Crippen LogP contribution in [-0.4, -0.2) is 67.4 Å². The zero-order valence-corrected chi connectivity index (χ0v) is 17.6. The number of amides is 2. The van der Waals surface area contributed by atoms with Gasteiger partial charge in [0, 0.05) is 45.2 Å². The molecule has 31 heavy (non-hydrogen) atoms. The van der Waals surface area contributed by atoms with Crippen molar-refractivity contribution >= 4 is 23.2 Å². The van der Waals surface area contributed by atoms with Crippen LogP contribution in [0.2, 0.25) is 0 Å². The molecule has 3 fully saturated rings. The smallest absolute Gasteiger partial charge is 0.370 e. The Morgan fingerprint density at radius 1 is 0.968 bits per heavy atom. The lowest BCUT2D eigenvalue weighted by Gasteiger charge is -2.34. The van der Waals surface area contributed by atoms with Crippen LogP contribution in [0.3, 0.4) is 0 Å². The van der Waals surface area contributed by atoms with Gasteiger partial charge in [0.25, 0.3) is 0 Å². The molecule has 1 aliphatic carbocycles. The number of carbonyl (C=O) groups is 2. The lowest BCUT2D eigenvalue weighted by molar-refractivity contribution is -0.137. The van der Waals surface area contributed by atoms with E-state index in [1.165, 1.54) is 6.07 Å². The number of rotatable bonds is 5. The lowest BCUT2D eigenvalue weighted by Crippen LogP contribution is -2.50. The minimum atomic E-state index is -4.47. The van der Waals surface area contributed by atoms with Gasteiger partial charge in [0.05, 0.1) is 23.5 Å². The van der Waals surface area contributed by atoms with Crippen molar-refractivity contribution in [3.63, 3.8) is 0 Å². The average molecular weight is 438 g/mol. The molecule has 1 saturated carbocycles. The quantitative estimate of drug-likeness (QED) is 0.767.